The summed E-state index contributed by atoms with van der Waals surface area (Å²) >= 11 is 2.05. The third-order valence-electron chi connectivity index (χ3n) is 3.58. The highest BCUT2D eigenvalue weighted by molar-refractivity contribution is 8.00. The quantitative estimate of drug-likeness (QED) is 0.810. The number of ether oxygens (including phenoxy) is 1. The Kier molecular flexibility index (Phi) is 3.84. The average Bonchev–Trinajstić information content (AvgIpc) is 2.65. The topological polar surface area (TPSA) is 32.7 Å². The molecule has 0 bridgehead atoms. The SMILES string of the molecule is CC1(C)CN(CC2(CO)CCOC2)CCS1. The maximum atomic E-state index is 9.57. The molecule has 0 aromatic carbocycles. The van der Waals surface area contributed by atoms with Crippen molar-refractivity contribution in [3.05, 3.63) is 0 Å². The molecule has 2 rings (SSSR count). The van der Waals surface area contributed by atoms with Crippen LogP contribution >= 0.6 is 11.8 Å². The summed E-state index contributed by atoms with van der Waals surface area (Å²) in [5, 5.41) is 9.57. The highest BCUT2D eigenvalue weighted by atomic mass is 32.2. The summed E-state index contributed by atoms with van der Waals surface area (Å²) in [4.78, 5) is 2.50. The van der Waals surface area contributed by atoms with Gasteiger partial charge in [0.15, 0.2) is 0 Å². The fourth-order valence-electron chi connectivity index (χ4n) is 2.67. The molecule has 1 atom stereocenters. The fraction of sp³-hybridized carbons (Fsp3) is 1.00. The van der Waals surface area contributed by atoms with Crippen LogP contribution in [-0.4, -0.2) is 60.0 Å². The monoisotopic (exact) mass is 245 g/mol. The number of aliphatic hydroxyl groups excluding tert-OH is 1. The number of aliphatic hydroxyl groups is 1. The molecular formula is C12H23NO2S. The van der Waals surface area contributed by atoms with Crippen molar-refractivity contribution in [2.45, 2.75) is 25.0 Å². The van der Waals surface area contributed by atoms with E-state index in [1.165, 1.54) is 5.75 Å². The van der Waals surface area contributed by atoms with E-state index < -0.39 is 0 Å². The summed E-state index contributed by atoms with van der Waals surface area (Å²) in [6.45, 7) is 9.68. The van der Waals surface area contributed by atoms with Gasteiger partial charge in [-0.1, -0.05) is 0 Å². The lowest BCUT2D eigenvalue weighted by molar-refractivity contribution is 0.0552. The van der Waals surface area contributed by atoms with Crippen LogP contribution < -0.4 is 0 Å². The summed E-state index contributed by atoms with van der Waals surface area (Å²) in [5.74, 6) is 1.20. The van der Waals surface area contributed by atoms with E-state index in [2.05, 4.69) is 30.5 Å². The minimum Gasteiger partial charge on any atom is -0.396 e. The van der Waals surface area contributed by atoms with Crippen LogP contribution in [0.4, 0.5) is 0 Å². The first-order valence-corrected chi connectivity index (χ1v) is 7.09. The van der Waals surface area contributed by atoms with Gasteiger partial charge in [0.2, 0.25) is 0 Å². The largest absolute Gasteiger partial charge is 0.396 e. The minimum atomic E-state index is 0.0120. The standard InChI is InChI=1S/C12H23NO2S/c1-11(2)7-13(4-6-16-11)8-12(9-14)3-5-15-10-12/h14H,3-10H2,1-2H3. The molecule has 2 heterocycles. The van der Waals surface area contributed by atoms with Crippen molar-refractivity contribution in [2.75, 3.05) is 45.2 Å². The van der Waals surface area contributed by atoms with Crippen LogP contribution in [0.2, 0.25) is 0 Å². The van der Waals surface area contributed by atoms with Crippen molar-refractivity contribution in [2.24, 2.45) is 5.41 Å². The predicted molar refractivity (Wildman–Crippen MR) is 67.9 cm³/mol. The second kappa shape index (κ2) is 4.84. The Balaban J connectivity index is 1.93. The highest BCUT2D eigenvalue weighted by Gasteiger charge is 2.38. The lowest BCUT2D eigenvalue weighted by Crippen LogP contribution is -2.49. The fourth-order valence-corrected chi connectivity index (χ4v) is 3.85. The number of hydrogen-bond donors (Lipinski definition) is 1. The van der Waals surface area contributed by atoms with Crippen LogP contribution in [-0.2, 0) is 4.74 Å². The Labute approximate surface area is 103 Å². The number of hydrogen-bond acceptors (Lipinski definition) is 4. The zero-order chi connectivity index (χ0) is 11.6. The van der Waals surface area contributed by atoms with Crippen LogP contribution in [0.25, 0.3) is 0 Å². The van der Waals surface area contributed by atoms with E-state index >= 15 is 0 Å². The van der Waals surface area contributed by atoms with E-state index in [1.54, 1.807) is 0 Å². The molecule has 4 heteroatoms. The number of nitrogens with zero attached hydrogens (tertiary/aromatic N) is 1. The summed E-state index contributed by atoms with van der Waals surface area (Å²) in [6.07, 6.45) is 1.01. The van der Waals surface area contributed by atoms with Gasteiger partial charge in [-0.05, 0) is 20.3 Å². The van der Waals surface area contributed by atoms with Crippen molar-refractivity contribution < 1.29 is 9.84 Å². The van der Waals surface area contributed by atoms with Gasteiger partial charge in [0, 0.05) is 42.2 Å². The minimum absolute atomic E-state index is 0.0120. The van der Waals surface area contributed by atoms with Gasteiger partial charge in [-0.15, -0.1) is 0 Å². The predicted octanol–water partition coefficient (Wildman–Crippen LogP) is 1.21. The van der Waals surface area contributed by atoms with E-state index in [0.717, 1.165) is 39.3 Å². The first kappa shape index (κ1) is 12.7. The van der Waals surface area contributed by atoms with E-state index in [4.69, 9.17) is 4.74 Å². The van der Waals surface area contributed by atoms with Crippen LogP contribution in [0.1, 0.15) is 20.3 Å². The summed E-state index contributed by atoms with van der Waals surface area (Å²) in [5.41, 5.74) is 0.0120. The molecule has 0 spiro atoms. The van der Waals surface area contributed by atoms with E-state index in [-0.39, 0.29) is 12.0 Å². The van der Waals surface area contributed by atoms with Crippen LogP contribution in [0.3, 0.4) is 0 Å². The summed E-state index contributed by atoms with van der Waals surface area (Å²) < 4.78 is 5.81. The first-order valence-electron chi connectivity index (χ1n) is 6.10. The van der Waals surface area contributed by atoms with E-state index in [9.17, 15) is 5.11 Å². The Morgan fingerprint density at radius 3 is 2.81 bits per heavy atom. The third-order valence-corrected chi connectivity index (χ3v) is 4.88. The average molecular weight is 245 g/mol. The molecule has 0 radical (unpaired) electrons. The van der Waals surface area contributed by atoms with Gasteiger partial charge < -0.3 is 14.7 Å². The van der Waals surface area contributed by atoms with Gasteiger partial charge in [0.1, 0.15) is 0 Å². The van der Waals surface area contributed by atoms with Gasteiger partial charge in [0.25, 0.3) is 0 Å². The lowest BCUT2D eigenvalue weighted by Gasteiger charge is -2.41. The molecule has 3 nitrogen and oxygen atoms in total. The summed E-state index contributed by atoms with van der Waals surface area (Å²) in [6, 6.07) is 0. The second-order valence-corrected chi connectivity index (χ2v) is 7.58. The smallest absolute Gasteiger partial charge is 0.0557 e. The van der Waals surface area contributed by atoms with Gasteiger partial charge in [-0.3, -0.25) is 0 Å². The molecule has 2 fully saturated rings. The molecule has 1 N–H and O–H groups in total. The molecule has 0 amide bonds. The van der Waals surface area contributed by atoms with Crippen LogP contribution in [0, 0.1) is 5.41 Å². The van der Waals surface area contributed by atoms with Crippen molar-refractivity contribution in [1.82, 2.24) is 4.90 Å². The lowest BCUT2D eigenvalue weighted by atomic mass is 9.87. The number of thioether (sulfide) groups is 1. The molecule has 0 aromatic rings. The Morgan fingerprint density at radius 2 is 2.25 bits per heavy atom. The van der Waals surface area contributed by atoms with Crippen LogP contribution in [0.15, 0.2) is 0 Å². The molecule has 94 valence electrons. The van der Waals surface area contributed by atoms with Crippen LogP contribution in [0.5, 0.6) is 0 Å². The zero-order valence-electron chi connectivity index (χ0n) is 10.4. The van der Waals surface area contributed by atoms with Gasteiger partial charge in [0.05, 0.1) is 13.2 Å². The zero-order valence-corrected chi connectivity index (χ0v) is 11.2. The Hall–Kier alpha value is 0.230. The Morgan fingerprint density at radius 1 is 1.44 bits per heavy atom. The molecule has 0 aromatic heterocycles. The summed E-state index contributed by atoms with van der Waals surface area (Å²) in [7, 11) is 0. The molecule has 1 unspecified atom stereocenters. The third kappa shape index (κ3) is 2.92. The highest BCUT2D eigenvalue weighted by Crippen LogP contribution is 2.34. The molecule has 0 aliphatic carbocycles. The van der Waals surface area contributed by atoms with E-state index in [0.29, 0.717) is 4.75 Å². The Bertz CT molecular complexity index is 239. The molecule has 2 aliphatic heterocycles. The molecule has 0 saturated carbocycles. The molecule has 2 saturated heterocycles. The first-order chi connectivity index (χ1) is 7.55. The molecule has 16 heavy (non-hydrogen) atoms. The van der Waals surface area contributed by atoms with Crippen molar-refractivity contribution in [3.63, 3.8) is 0 Å². The number of rotatable bonds is 3. The van der Waals surface area contributed by atoms with Gasteiger partial charge in [-0.25, -0.2) is 0 Å². The molecule has 2 aliphatic rings. The molecular weight excluding hydrogens is 222 g/mol. The van der Waals surface area contributed by atoms with E-state index in [1.807, 2.05) is 0 Å². The van der Waals surface area contributed by atoms with Crippen molar-refractivity contribution >= 4 is 11.8 Å². The maximum absolute atomic E-state index is 9.57. The maximum Gasteiger partial charge on any atom is 0.0557 e. The van der Waals surface area contributed by atoms with Gasteiger partial charge in [-0.2, -0.15) is 11.8 Å². The normalized spacial score (nSPS) is 35.4. The van der Waals surface area contributed by atoms with Crippen molar-refractivity contribution in [3.8, 4) is 0 Å². The van der Waals surface area contributed by atoms with Crippen molar-refractivity contribution in [1.29, 1.82) is 0 Å². The second-order valence-electron chi connectivity index (χ2n) is 5.78. The van der Waals surface area contributed by atoms with Gasteiger partial charge >= 0.3 is 0 Å².